The molecular formula is C35H40N2O7. The first-order valence-electron chi connectivity index (χ1n) is 16.6. The Bertz CT molecular complexity index is 1610. The molecule has 2 saturated heterocycles. The predicted octanol–water partition coefficient (Wildman–Crippen LogP) is 3.68. The Kier molecular flexibility index (Phi) is 5.14. The molecule has 2 saturated carbocycles. The molecule has 10 atom stereocenters. The Morgan fingerprint density at radius 1 is 0.841 bits per heavy atom. The zero-order valence-electron chi connectivity index (χ0n) is 25.3. The summed E-state index contributed by atoms with van der Waals surface area (Å²) in [4.78, 5) is 18.6. The quantitative estimate of drug-likeness (QED) is 0.395. The molecule has 2 aromatic rings. The van der Waals surface area contributed by atoms with Crippen LogP contribution in [0.2, 0.25) is 0 Å². The van der Waals surface area contributed by atoms with Crippen LogP contribution in [0.3, 0.4) is 0 Å². The van der Waals surface area contributed by atoms with E-state index >= 15 is 0 Å². The number of likely N-dealkylation sites (tertiary alicyclic amines) is 2. The third kappa shape index (κ3) is 3.00. The number of hydrogen-bond acceptors (Lipinski definition) is 9. The van der Waals surface area contributed by atoms with E-state index in [1.807, 2.05) is 12.1 Å². The van der Waals surface area contributed by atoms with E-state index in [-0.39, 0.29) is 28.8 Å². The van der Waals surface area contributed by atoms with Crippen molar-refractivity contribution in [2.75, 3.05) is 27.2 Å². The molecule has 4 bridgehead atoms. The molecule has 4 heterocycles. The number of rotatable bonds is 2. The minimum absolute atomic E-state index is 0.164. The van der Waals surface area contributed by atoms with Gasteiger partial charge < -0.3 is 39.0 Å². The van der Waals surface area contributed by atoms with Gasteiger partial charge in [-0.05, 0) is 114 Å². The van der Waals surface area contributed by atoms with Crippen LogP contribution >= 0.6 is 0 Å². The SMILES string of the molecule is CN1CC[C@]23c4c5ccc(O)c4O[C@H]2[C@@H](OC(=O)Oc2ccc4c6c2O[C@H]2[C@@H](O)CC[C@H]7[C@@H](C4)N(C)CC[C@@]672)CC[C@H]3C1C5. The molecule has 44 heavy (non-hydrogen) atoms. The monoisotopic (exact) mass is 600 g/mol. The van der Waals surface area contributed by atoms with E-state index in [1.54, 1.807) is 6.07 Å². The maximum absolute atomic E-state index is 13.6. The Labute approximate surface area is 257 Å². The average molecular weight is 601 g/mol. The summed E-state index contributed by atoms with van der Waals surface area (Å²) in [6.45, 7) is 1.90. The van der Waals surface area contributed by atoms with Crippen molar-refractivity contribution in [1.29, 1.82) is 0 Å². The summed E-state index contributed by atoms with van der Waals surface area (Å²) in [5.74, 6) is 2.53. The lowest BCUT2D eigenvalue weighted by atomic mass is 9.51. The van der Waals surface area contributed by atoms with Gasteiger partial charge in [0.25, 0.3) is 0 Å². The number of ether oxygens (including phenoxy) is 4. The number of aliphatic hydroxyl groups excluding tert-OH is 1. The number of phenols is 1. The fourth-order valence-corrected chi connectivity index (χ4v) is 11.8. The molecule has 1 unspecified atom stereocenters. The summed E-state index contributed by atoms with van der Waals surface area (Å²) in [6, 6.07) is 8.56. The molecule has 232 valence electrons. The first kappa shape index (κ1) is 26.2. The van der Waals surface area contributed by atoms with Crippen molar-refractivity contribution in [1.82, 2.24) is 9.80 Å². The fraction of sp³-hybridized carbons (Fsp3) is 0.629. The number of aromatic hydroxyl groups is 1. The van der Waals surface area contributed by atoms with Gasteiger partial charge in [0.2, 0.25) is 0 Å². The van der Waals surface area contributed by atoms with Crippen molar-refractivity contribution in [3.05, 3.63) is 46.5 Å². The predicted molar refractivity (Wildman–Crippen MR) is 159 cm³/mol. The van der Waals surface area contributed by atoms with Gasteiger partial charge in [0.05, 0.1) is 6.10 Å². The number of carbonyl (C=O) groups is 1. The van der Waals surface area contributed by atoms with Gasteiger partial charge in [-0.3, -0.25) is 0 Å². The van der Waals surface area contributed by atoms with Crippen LogP contribution in [0.15, 0.2) is 24.3 Å². The first-order chi connectivity index (χ1) is 21.3. The highest BCUT2D eigenvalue weighted by Gasteiger charge is 2.67. The van der Waals surface area contributed by atoms with Gasteiger partial charge >= 0.3 is 6.16 Å². The van der Waals surface area contributed by atoms with Crippen molar-refractivity contribution in [3.8, 4) is 23.0 Å². The van der Waals surface area contributed by atoms with E-state index in [4.69, 9.17) is 18.9 Å². The Morgan fingerprint density at radius 3 is 2.18 bits per heavy atom. The number of phenolic OH excluding ortho intramolecular Hbond substituents is 1. The standard InChI is InChI=1S/C35H40N2O7/c1-36-13-11-34-19-5-8-24(39)31(34)44-30-25(9-4-18(28(30)34)16-21(19)36)41-33(40)42-26-10-6-20-22-15-17-3-7-23(38)29-27(17)35(20,32(26)43-29)12-14-37(22)2/h3-4,7,9,19-22,24,26,31-32,38-39H,5-6,8,10-16H2,1-2H3/t19-,20-,21+,22?,24-,26-,31-,32-,34-,35-/m0/s1. The molecule has 4 aliphatic carbocycles. The molecule has 8 aliphatic rings. The molecule has 0 radical (unpaired) electrons. The second kappa shape index (κ2) is 8.62. The smallest absolute Gasteiger partial charge is 0.504 e. The van der Waals surface area contributed by atoms with Crippen LogP contribution in [-0.4, -0.2) is 89.9 Å². The third-order valence-corrected chi connectivity index (χ3v) is 13.5. The second-order valence-electron chi connectivity index (χ2n) is 15.0. The largest absolute Gasteiger partial charge is 0.514 e. The highest BCUT2D eigenvalue weighted by molar-refractivity contribution is 5.69. The van der Waals surface area contributed by atoms with Crippen molar-refractivity contribution in [2.24, 2.45) is 11.8 Å². The maximum Gasteiger partial charge on any atom is 0.514 e. The highest BCUT2D eigenvalue weighted by Crippen LogP contribution is 2.65. The summed E-state index contributed by atoms with van der Waals surface area (Å²) < 4.78 is 25.4. The summed E-state index contributed by atoms with van der Waals surface area (Å²) in [5, 5.41) is 22.0. The highest BCUT2D eigenvalue weighted by atomic mass is 16.7. The molecule has 10 rings (SSSR count). The number of aliphatic hydroxyl groups is 1. The lowest BCUT2D eigenvalue weighted by Crippen LogP contribution is -2.66. The third-order valence-electron chi connectivity index (χ3n) is 13.5. The Hall–Kier alpha value is -3.01. The first-order valence-corrected chi connectivity index (χ1v) is 16.6. The number of nitrogens with zero attached hydrogens (tertiary/aromatic N) is 2. The maximum atomic E-state index is 13.6. The van der Waals surface area contributed by atoms with Crippen molar-refractivity contribution in [3.63, 3.8) is 0 Å². The van der Waals surface area contributed by atoms with Gasteiger partial charge in [-0.15, -0.1) is 0 Å². The van der Waals surface area contributed by atoms with E-state index in [0.29, 0.717) is 47.6 Å². The van der Waals surface area contributed by atoms with Crippen LogP contribution < -0.4 is 14.2 Å². The van der Waals surface area contributed by atoms with Crippen molar-refractivity contribution >= 4 is 6.16 Å². The topological polar surface area (TPSA) is 101 Å². The molecule has 0 amide bonds. The molecule has 2 aromatic carbocycles. The number of carbonyl (C=O) groups excluding carboxylic acids is 1. The van der Waals surface area contributed by atoms with Crippen molar-refractivity contribution in [2.45, 2.75) is 98.7 Å². The van der Waals surface area contributed by atoms with E-state index in [0.717, 1.165) is 69.2 Å². The molecular weight excluding hydrogens is 560 g/mol. The van der Waals surface area contributed by atoms with Gasteiger partial charge in [-0.1, -0.05) is 12.1 Å². The van der Waals surface area contributed by atoms with Gasteiger partial charge in [0.15, 0.2) is 23.0 Å². The van der Waals surface area contributed by atoms with Crippen LogP contribution in [0.5, 0.6) is 23.0 Å². The van der Waals surface area contributed by atoms with Crippen LogP contribution in [0.1, 0.15) is 60.8 Å². The molecule has 4 aliphatic heterocycles. The Morgan fingerprint density at radius 2 is 1.45 bits per heavy atom. The van der Waals surface area contributed by atoms with Gasteiger partial charge in [0.1, 0.15) is 18.3 Å². The number of likely N-dealkylation sites (N-methyl/N-ethyl adjacent to an activating group) is 2. The normalized spacial score (nSPS) is 42.1. The molecule has 9 heteroatoms. The average Bonchev–Trinajstić information content (AvgIpc) is 3.55. The van der Waals surface area contributed by atoms with Crippen LogP contribution in [0.25, 0.3) is 0 Å². The summed E-state index contributed by atoms with van der Waals surface area (Å²) >= 11 is 0. The van der Waals surface area contributed by atoms with Gasteiger partial charge in [0, 0.05) is 34.0 Å². The van der Waals surface area contributed by atoms with Gasteiger partial charge in [-0.25, -0.2) is 4.79 Å². The minimum atomic E-state index is -0.754. The number of hydrogen-bond donors (Lipinski definition) is 2. The lowest BCUT2D eigenvalue weighted by molar-refractivity contribution is -0.107. The fourth-order valence-electron chi connectivity index (χ4n) is 11.8. The zero-order chi connectivity index (χ0) is 29.7. The molecule has 2 spiro atoms. The van der Waals surface area contributed by atoms with Crippen LogP contribution in [0, 0.1) is 11.8 Å². The molecule has 4 fully saturated rings. The number of benzene rings is 2. The summed E-state index contributed by atoms with van der Waals surface area (Å²) in [5.41, 5.74) is 4.24. The number of piperidine rings is 2. The van der Waals surface area contributed by atoms with E-state index in [1.165, 1.54) is 11.1 Å². The van der Waals surface area contributed by atoms with Crippen molar-refractivity contribution < 1.29 is 34.0 Å². The van der Waals surface area contributed by atoms with E-state index in [9.17, 15) is 15.0 Å². The van der Waals surface area contributed by atoms with Crippen LogP contribution in [0.4, 0.5) is 4.79 Å². The van der Waals surface area contributed by atoms with E-state index in [2.05, 4.69) is 30.0 Å². The Balaban J connectivity index is 0.970. The second-order valence-corrected chi connectivity index (χ2v) is 15.0. The van der Waals surface area contributed by atoms with Gasteiger partial charge in [-0.2, -0.15) is 0 Å². The lowest BCUT2D eigenvalue weighted by Gasteiger charge is -2.58. The van der Waals surface area contributed by atoms with E-state index < -0.39 is 18.4 Å². The molecule has 2 N–H and O–H groups in total. The minimum Gasteiger partial charge on any atom is -0.504 e. The molecule has 0 aromatic heterocycles. The summed E-state index contributed by atoms with van der Waals surface area (Å²) in [7, 11) is 4.43. The van der Waals surface area contributed by atoms with Crippen LogP contribution in [-0.2, 0) is 28.4 Å². The molecule has 9 nitrogen and oxygen atoms in total. The summed E-state index contributed by atoms with van der Waals surface area (Å²) in [6.07, 6.45) is 4.56. The zero-order valence-corrected chi connectivity index (χ0v) is 25.3.